The number of hydrogen-bond donors (Lipinski definition) is 0. The van der Waals surface area contributed by atoms with E-state index in [0.717, 1.165) is 5.69 Å². The second-order valence-electron chi connectivity index (χ2n) is 8.74. The number of halogens is 1. The molecule has 0 bridgehead atoms. The molecule has 2 saturated heterocycles. The molecule has 0 N–H and O–H groups in total. The van der Waals surface area contributed by atoms with E-state index in [1.807, 2.05) is 6.92 Å². The first-order valence-electron chi connectivity index (χ1n) is 10.8. The highest BCUT2D eigenvalue weighted by atomic mass is 35.5. The smallest absolute Gasteiger partial charge is 0.463 e. The molecule has 4 rings (SSSR count). The molecule has 182 valence electrons. The number of rotatable bonds is 7. The Morgan fingerprint density at radius 2 is 2.12 bits per heavy atom. The lowest BCUT2D eigenvalue weighted by atomic mass is 10.0. The third kappa shape index (κ3) is 4.80. The van der Waals surface area contributed by atoms with Crippen LogP contribution in [0.5, 0.6) is 0 Å². The van der Waals surface area contributed by atoms with Crippen molar-refractivity contribution in [3.05, 3.63) is 18.3 Å². The lowest BCUT2D eigenvalue weighted by Crippen LogP contribution is -2.44. The summed E-state index contributed by atoms with van der Waals surface area (Å²) in [6, 6.07) is 0. The second-order valence-corrected chi connectivity index (χ2v) is 11.2. The zero-order valence-corrected chi connectivity index (χ0v) is 20.8. The first-order chi connectivity index (χ1) is 15.5. The number of nitrogens with zero attached hydrogens (tertiary/aromatic N) is 4. The maximum absolute atomic E-state index is 13.1. The molecule has 0 saturated carbocycles. The van der Waals surface area contributed by atoms with E-state index in [1.165, 1.54) is 6.33 Å². The van der Waals surface area contributed by atoms with Gasteiger partial charge in [-0.3, -0.25) is 22.9 Å². The minimum atomic E-state index is -3.90. The number of aryl methyl sites for hydroxylation is 1. The molecule has 33 heavy (non-hydrogen) atoms. The van der Waals surface area contributed by atoms with Gasteiger partial charge in [0.2, 0.25) is 0 Å². The summed E-state index contributed by atoms with van der Waals surface area (Å²) < 4.78 is 42.7. The van der Waals surface area contributed by atoms with E-state index in [2.05, 4.69) is 15.0 Å². The number of ether oxygens (including phenoxy) is 2. The number of carbonyl (C=O) groups is 1. The summed E-state index contributed by atoms with van der Waals surface area (Å²) in [5.41, 5.74) is 1.94. The molecule has 0 radical (unpaired) electrons. The molecule has 4 heterocycles. The zero-order chi connectivity index (χ0) is 24.0. The molecule has 0 amide bonds. The molecule has 2 fully saturated rings. The normalized spacial score (nSPS) is 32.8. The van der Waals surface area contributed by atoms with Crippen molar-refractivity contribution in [3.8, 4) is 0 Å². The van der Waals surface area contributed by atoms with Crippen molar-refractivity contribution in [1.82, 2.24) is 19.5 Å². The summed E-state index contributed by atoms with van der Waals surface area (Å²) in [5, 5.41) is 0. The number of fused-ring (bicyclic) bond motifs is 2. The van der Waals surface area contributed by atoms with Crippen LogP contribution in [-0.4, -0.2) is 61.9 Å². The summed E-state index contributed by atoms with van der Waals surface area (Å²) in [4.78, 5) is 23.7. The van der Waals surface area contributed by atoms with Crippen LogP contribution < -0.4 is 0 Å². The highest BCUT2D eigenvalue weighted by Gasteiger charge is 2.60. The Balaban J connectivity index is 1.43. The highest BCUT2D eigenvalue weighted by Crippen LogP contribution is 2.60. The van der Waals surface area contributed by atoms with E-state index < -0.39 is 37.1 Å². The summed E-state index contributed by atoms with van der Waals surface area (Å²) >= 11 is 6.91. The van der Waals surface area contributed by atoms with E-state index in [-0.39, 0.29) is 25.3 Å². The SMILES string of the molecule is Cc1ncnc2c1ncn2[C@@H]1O[C@@H]2CO[P@](=O)(OCCC(C)C(=O)OC(C)C)O[C@H]2[C@@]1(C)Cl. The number of phosphoric ester groups is 1. The van der Waals surface area contributed by atoms with Crippen LogP contribution in [0, 0.1) is 12.8 Å². The van der Waals surface area contributed by atoms with Crippen molar-refractivity contribution in [1.29, 1.82) is 0 Å². The summed E-state index contributed by atoms with van der Waals surface area (Å²) in [6.07, 6.45) is 1.09. The molecule has 0 aliphatic carbocycles. The van der Waals surface area contributed by atoms with Gasteiger partial charge in [0.25, 0.3) is 0 Å². The Morgan fingerprint density at radius 3 is 2.85 bits per heavy atom. The van der Waals surface area contributed by atoms with Gasteiger partial charge in [-0.25, -0.2) is 19.5 Å². The summed E-state index contributed by atoms with van der Waals surface area (Å²) in [5.74, 6) is -0.765. The first kappa shape index (κ1) is 24.5. The molecular formula is C20H28ClN4O7P. The fraction of sp³-hybridized carbons (Fsp3) is 0.700. The van der Waals surface area contributed by atoms with Crippen LogP contribution in [-0.2, 0) is 32.4 Å². The predicted octanol–water partition coefficient (Wildman–Crippen LogP) is 3.55. The lowest BCUT2D eigenvalue weighted by molar-refractivity contribution is -0.152. The van der Waals surface area contributed by atoms with Crippen LogP contribution in [0.1, 0.15) is 46.0 Å². The lowest BCUT2D eigenvalue weighted by Gasteiger charge is -2.34. The van der Waals surface area contributed by atoms with Crippen molar-refractivity contribution >= 4 is 36.6 Å². The van der Waals surface area contributed by atoms with E-state index in [0.29, 0.717) is 17.6 Å². The fourth-order valence-electron chi connectivity index (χ4n) is 3.86. The number of esters is 1. The third-order valence-electron chi connectivity index (χ3n) is 5.67. The van der Waals surface area contributed by atoms with Gasteiger partial charge in [-0.1, -0.05) is 6.92 Å². The van der Waals surface area contributed by atoms with Crippen LogP contribution in [0.2, 0.25) is 0 Å². The zero-order valence-electron chi connectivity index (χ0n) is 19.1. The Kier molecular flexibility index (Phi) is 6.83. The van der Waals surface area contributed by atoms with Crippen LogP contribution in [0.25, 0.3) is 11.2 Å². The first-order valence-corrected chi connectivity index (χ1v) is 12.6. The Morgan fingerprint density at radius 1 is 1.36 bits per heavy atom. The highest BCUT2D eigenvalue weighted by molar-refractivity contribution is 7.48. The Bertz CT molecular complexity index is 1080. The molecule has 2 aliphatic rings. The van der Waals surface area contributed by atoms with Gasteiger partial charge in [-0.15, -0.1) is 11.6 Å². The summed E-state index contributed by atoms with van der Waals surface area (Å²) in [6.45, 7) is 8.82. The molecule has 13 heteroatoms. The standard InChI is InChI=1S/C20H28ClN4O7P/c1-11(2)30-18(26)12(3)6-7-28-33(27)29-8-14-16(32-33)20(5,21)19(31-14)25-10-24-15-13(4)22-9-23-17(15)25/h9-12,14,16,19H,6-8H2,1-5H3/t12?,14-,16-,19-,20-,33+/m1/s1. The Labute approximate surface area is 196 Å². The van der Waals surface area contributed by atoms with Crippen molar-refractivity contribution in [2.45, 2.75) is 70.5 Å². The number of imidazole rings is 1. The molecule has 11 nitrogen and oxygen atoms in total. The minimum Gasteiger partial charge on any atom is -0.463 e. The van der Waals surface area contributed by atoms with Gasteiger partial charge in [0, 0.05) is 0 Å². The quantitative estimate of drug-likeness (QED) is 0.315. The maximum atomic E-state index is 13.1. The van der Waals surface area contributed by atoms with Crippen molar-refractivity contribution in [3.63, 3.8) is 0 Å². The monoisotopic (exact) mass is 502 g/mol. The molecule has 0 aromatic carbocycles. The third-order valence-corrected chi connectivity index (χ3v) is 7.52. The van der Waals surface area contributed by atoms with Crippen molar-refractivity contribution in [2.24, 2.45) is 5.92 Å². The number of aromatic nitrogens is 4. The van der Waals surface area contributed by atoms with Crippen molar-refractivity contribution < 1.29 is 32.4 Å². The van der Waals surface area contributed by atoms with Crippen LogP contribution in [0.15, 0.2) is 12.7 Å². The van der Waals surface area contributed by atoms with Crippen LogP contribution in [0.4, 0.5) is 0 Å². The maximum Gasteiger partial charge on any atom is 0.475 e. The van der Waals surface area contributed by atoms with E-state index >= 15 is 0 Å². The molecule has 2 aromatic rings. The summed E-state index contributed by atoms with van der Waals surface area (Å²) in [7, 11) is -3.90. The number of phosphoric acid groups is 1. The van der Waals surface area contributed by atoms with Gasteiger partial charge < -0.3 is 9.47 Å². The average molecular weight is 503 g/mol. The molecule has 6 atom stereocenters. The van der Waals surface area contributed by atoms with Crippen molar-refractivity contribution in [2.75, 3.05) is 13.2 Å². The second kappa shape index (κ2) is 9.20. The topological polar surface area (TPSA) is 124 Å². The molecular weight excluding hydrogens is 475 g/mol. The van der Waals surface area contributed by atoms with E-state index in [1.54, 1.807) is 38.6 Å². The minimum absolute atomic E-state index is 0.00529. The van der Waals surface area contributed by atoms with Gasteiger partial charge >= 0.3 is 13.8 Å². The fourth-order valence-corrected chi connectivity index (χ4v) is 5.75. The number of hydrogen-bond acceptors (Lipinski definition) is 10. The molecule has 2 aliphatic heterocycles. The van der Waals surface area contributed by atoms with Gasteiger partial charge in [-0.05, 0) is 34.1 Å². The van der Waals surface area contributed by atoms with Crippen LogP contribution in [0.3, 0.4) is 0 Å². The largest absolute Gasteiger partial charge is 0.475 e. The van der Waals surface area contributed by atoms with E-state index in [9.17, 15) is 9.36 Å². The predicted molar refractivity (Wildman–Crippen MR) is 118 cm³/mol. The molecule has 2 aromatic heterocycles. The van der Waals surface area contributed by atoms with Crippen LogP contribution >= 0.6 is 19.4 Å². The van der Waals surface area contributed by atoms with Gasteiger partial charge in [0.15, 0.2) is 11.9 Å². The number of alkyl halides is 1. The van der Waals surface area contributed by atoms with E-state index in [4.69, 9.17) is 34.6 Å². The average Bonchev–Trinajstić information content (AvgIpc) is 3.27. The molecule has 0 spiro atoms. The van der Waals surface area contributed by atoms with Gasteiger partial charge in [0.1, 0.15) is 28.9 Å². The Hall–Kier alpha value is -1.62. The number of carbonyl (C=O) groups excluding carboxylic acids is 1. The van der Waals surface area contributed by atoms with Gasteiger partial charge in [-0.2, -0.15) is 0 Å². The van der Waals surface area contributed by atoms with Gasteiger partial charge in [0.05, 0.1) is 37.3 Å². The molecule has 1 unspecified atom stereocenters.